The third-order valence-electron chi connectivity index (χ3n) is 2.39. The molecule has 2 nitrogen and oxygen atoms in total. The summed E-state index contributed by atoms with van der Waals surface area (Å²) in [6, 6.07) is 6.88. The highest BCUT2D eigenvalue weighted by Gasteiger charge is 2.34. The van der Waals surface area contributed by atoms with E-state index < -0.39 is 11.7 Å². The Balaban J connectivity index is 2.60. The molecule has 0 radical (unpaired) electrons. The number of alkyl halides is 3. The molecule has 0 aliphatic heterocycles. The molecule has 0 bridgehead atoms. The summed E-state index contributed by atoms with van der Waals surface area (Å²) in [5.41, 5.74) is 4.85. The standard InChI is InChI=1S/C12H8ClF3N2/c13-8-3-1-7(2-4-8)9-6-18-11(17)5-10(9)12(14,15)16/h1-6H,(H2,17,18). The predicted molar refractivity (Wildman–Crippen MR) is 64.1 cm³/mol. The lowest BCUT2D eigenvalue weighted by Crippen LogP contribution is -2.09. The Morgan fingerprint density at radius 3 is 2.28 bits per heavy atom. The number of nitrogens with two attached hydrogens (primary N) is 1. The van der Waals surface area contributed by atoms with Gasteiger partial charge < -0.3 is 5.73 Å². The SMILES string of the molecule is Nc1cc(C(F)(F)F)c(-c2ccc(Cl)cc2)cn1. The van der Waals surface area contributed by atoms with Crippen LogP contribution in [0.4, 0.5) is 19.0 Å². The van der Waals surface area contributed by atoms with Gasteiger partial charge in [-0.1, -0.05) is 23.7 Å². The van der Waals surface area contributed by atoms with E-state index in [2.05, 4.69) is 4.98 Å². The highest BCUT2D eigenvalue weighted by Crippen LogP contribution is 2.37. The number of benzene rings is 1. The Hall–Kier alpha value is -1.75. The van der Waals surface area contributed by atoms with Crippen LogP contribution in [0, 0.1) is 0 Å². The topological polar surface area (TPSA) is 38.9 Å². The summed E-state index contributed by atoms with van der Waals surface area (Å²) >= 11 is 5.70. The van der Waals surface area contributed by atoms with Gasteiger partial charge in [-0.2, -0.15) is 13.2 Å². The van der Waals surface area contributed by atoms with Crippen LogP contribution >= 0.6 is 11.6 Å². The van der Waals surface area contributed by atoms with Gasteiger partial charge in [0.25, 0.3) is 0 Å². The fourth-order valence-corrected chi connectivity index (χ4v) is 1.69. The largest absolute Gasteiger partial charge is 0.417 e. The maximum absolute atomic E-state index is 12.9. The summed E-state index contributed by atoms with van der Waals surface area (Å²) in [5.74, 6) is -0.167. The molecule has 0 amide bonds. The van der Waals surface area contributed by atoms with E-state index in [1.54, 1.807) is 0 Å². The molecule has 0 spiro atoms. The van der Waals surface area contributed by atoms with Crippen LogP contribution in [0.2, 0.25) is 5.02 Å². The van der Waals surface area contributed by atoms with Gasteiger partial charge in [-0.25, -0.2) is 4.98 Å². The van der Waals surface area contributed by atoms with Crippen molar-refractivity contribution in [2.24, 2.45) is 0 Å². The number of hydrogen-bond donors (Lipinski definition) is 1. The zero-order valence-electron chi connectivity index (χ0n) is 9.00. The van der Waals surface area contributed by atoms with Gasteiger partial charge in [0.2, 0.25) is 0 Å². The molecule has 94 valence electrons. The molecule has 1 aromatic heterocycles. The van der Waals surface area contributed by atoms with E-state index in [4.69, 9.17) is 17.3 Å². The first kappa shape index (κ1) is 12.7. The maximum atomic E-state index is 12.9. The molecule has 2 aromatic rings. The molecule has 0 unspecified atom stereocenters. The van der Waals surface area contributed by atoms with Crippen molar-refractivity contribution < 1.29 is 13.2 Å². The van der Waals surface area contributed by atoms with Gasteiger partial charge in [0.15, 0.2) is 0 Å². The predicted octanol–water partition coefficient (Wildman–Crippen LogP) is 4.00. The van der Waals surface area contributed by atoms with Crippen molar-refractivity contribution in [2.75, 3.05) is 5.73 Å². The van der Waals surface area contributed by atoms with Gasteiger partial charge in [-0.3, -0.25) is 0 Å². The average molecular weight is 273 g/mol. The van der Waals surface area contributed by atoms with E-state index in [9.17, 15) is 13.2 Å². The minimum atomic E-state index is -4.48. The fraction of sp³-hybridized carbons (Fsp3) is 0.0833. The van der Waals surface area contributed by atoms with Crippen molar-refractivity contribution in [3.63, 3.8) is 0 Å². The highest BCUT2D eigenvalue weighted by molar-refractivity contribution is 6.30. The first-order valence-corrected chi connectivity index (χ1v) is 5.34. The Kier molecular flexibility index (Phi) is 3.17. The maximum Gasteiger partial charge on any atom is 0.417 e. The Labute approximate surface area is 106 Å². The van der Waals surface area contributed by atoms with Crippen LogP contribution in [-0.2, 0) is 6.18 Å². The molecule has 2 rings (SSSR count). The molecule has 0 saturated carbocycles. The fourth-order valence-electron chi connectivity index (χ4n) is 1.57. The molecular weight excluding hydrogens is 265 g/mol. The molecule has 18 heavy (non-hydrogen) atoms. The van der Waals surface area contributed by atoms with Crippen LogP contribution in [0.5, 0.6) is 0 Å². The number of nitrogen functional groups attached to an aromatic ring is 1. The molecule has 2 N–H and O–H groups in total. The summed E-state index contributed by atoms with van der Waals surface area (Å²) in [7, 11) is 0. The third-order valence-corrected chi connectivity index (χ3v) is 2.64. The van der Waals surface area contributed by atoms with Crippen LogP contribution < -0.4 is 5.73 Å². The lowest BCUT2D eigenvalue weighted by atomic mass is 10.0. The Morgan fingerprint density at radius 1 is 1.11 bits per heavy atom. The van der Waals surface area contributed by atoms with Gasteiger partial charge >= 0.3 is 6.18 Å². The summed E-state index contributed by atoms with van der Waals surface area (Å²) in [4.78, 5) is 3.70. The summed E-state index contributed by atoms with van der Waals surface area (Å²) in [6.07, 6.45) is -3.37. The van der Waals surface area contributed by atoms with E-state index in [1.165, 1.54) is 24.3 Å². The number of nitrogens with zero attached hydrogens (tertiary/aromatic N) is 1. The van der Waals surface area contributed by atoms with Crippen LogP contribution in [0.25, 0.3) is 11.1 Å². The molecule has 0 fully saturated rings. The Bertz CT molecular complexity index is 565. The number of aromatic nitrogens is 1. The summed E-state index contributed by atoms with van der Waals surface area (Å²) in [5, 5.41) is 0.454. The summed E-state index contributed by atoms with van der Waals surface area (Å²) in [6.45, 7) is 0. The zero-order valence-corrected chi connectivity index (χ0v) is 9.76. The molecule has 1 heterocycles. The van der Waals surface area contributed by atoms with Gasteiger partial charge in [0, 0.05) is 16.8 Å². The zero-order chi connectivity index (χ0) is 13.3. The number of hydrogen-bond acceptors (Lipinski definition) is 2. The van der Waals surface area contributed by atoms with Crippen molar-refractivity contribution in [1.29, 1.82) is 0 Å². The van der Waals surface area contributed by atoms with Crippen molar-refractivity contribution in [1.82, 2.24) is 4.98 Å². The second-order valence-corrected chi connectivity index (χ2v) is 4.10. The minimum absolute atomic E-state index is 0.0200. The van der Waals surface area contributed by atoms with Crippen molar-refractivity contribution >= 4 is 17.4 Å². The third kappa shape index (κ3) is 2.56. The number of halogens is 4. The average Bonchev–Trinajstić information content (AvgIpc) is 2.29. The molecule has 0 aliphatic rings. The monoisotopic (exact) mass is 272 g/mol. The van der Waals surface area contributed by atoms with Crippen LogP contribution in [0.15, 0.2) is 36.5 Å². The van der Waals surface area contributed by atoms with Gasteiger partial charge in [-0.15, -0.1) is 0 Å². The number of anilines is 1. The second-order valence-electron chi connectivity index (χ2n) is 3.66. The van der Waals surface area contributed by atoms with E-state index >= 15 is 0 Å². The molecule has 0 atom stereocenters. The highest BCUT2D eigenvalue weighted by atomic mass is 35.5. The normalized spacial score (nSPS) is 11.6. The van der Waals surface area contributed by atoms with Gasteiger partial charge in [0.05, 0.1) is 5.56 Å². The molecule has 0 aliphatic carbocycles. The molecule has 6 heteroatoms. The molecule has 0 saturated heterocycles. The Morgan fingerprint density at radius 2 is 1.72 bits per heavy atom. The second kappa shape index (κ2) is 4.49. The molecular formula is C12H8ClF3N2. The minimum Gasteiger partial charge on any atom is -0.384 e. The smallest absolute Gasteiger partial charge is 0.384 e. The quantitative estimate of drug-likeness (QED) is 0.852. The lowest BCUT2D eigenvalue weighted by molar-refractivity contribution is -0.137. The van der Waals surface area contributed by atoms with Crippen molar-refractivity contribution in [3.05, 3.63) is 47.1 Å². The van der Waals surface area contributed by atoms with E-state index in [1.807, 2.05) is 0 Å². The first-order chi connectivity index (χ1) is 8.38. The lowest BCUT2D eigenvalue weighted by Gasteiger charge is -2.13. The summed E-state index contributed by atoms with van der Waals surface area (Å²) < 4.78 is 38.7. The van der Waals surface area contributed by atoms with E-state index in [0.717, 1.165) is 12.3 Å². The number of rotatable bonds is 1. The van der Waals surface area contributed by atoms with Gasteiger partial charge in [-0.05, 0) is 23.8 Å². The van der Waals surface area contributed by atoms with Crippen molar-refractivity contribution in [2.45, 2.75) is 6.18 Å². The van der Waals surface area contributed by atoms with Gasteiger partial charge in [0.1, 0.15) is 5.82 Å². The van der Waals surface area contributed by atoms with E-state index in [-0.39, 0.29) is 11.4 Å². The van der Waals surface area contributed by atoms with Crippen LogP contribution in [0.3, 0.4) is 0 Å². The van der Waals surface area contributed by atoms with Crippen molar-refractivity contribution in [3.8, 4) is 11.1 Å². The van der Waals surface area contributed by atoms with Crippen LogP contribution in [-0.4, -0.2) is 4.98 Å². The molecule has 1 aromatic carbocycles. The first-order valence-electron chi connectivity index (χ1n) is 4.96. The van der Waals surface area contributed by atoms with E-state index in [0.29, 0.717) is 10.6 Å². The van der Waals surface area contributed by atoms with Crippen LogP contribution in [0.1, 0.15) is 5.56 Å². The number of pyridine rings is 1.